The van der Waals surface area contributed by atoms with Gasteiger partial charge in [-0.05, 0) is 51.3 Å². The van der Waals surface area contributed by atoms with Crippen molar-refractivity contribution in [2.45, 2.75) is 53.5 Å². The minimum absolute atomic E-state index is 0.0644. The van der Waals surface area contributed by atoms with Crippen LogP contribution in [0.3, 0.4) is 0 Å². The molecule has 0 bridgehead atoms. The monoisotopic (exact) mass is 452 g/mol. The van der Waals surface area contributed by atoms with Crippen LogP contribution in [-0.4, -0.2) is 34.3 Å². The van der Waals surface area contributed by atoms with Gasteiger partial charge in [0.05, 0.1) is 12.2 Å². The fourth-order valence-electron chi connectivity index (χ4n) is 3.63. The number of Topliss-reactive ketones (excluding diaryl/α,β-unsaturated/α-hetero) is 1. The number of rotatable bonds is 6. The molecule has 170 valence electrons. The summed E-state index contributed by atoms with van der Waals surface area (Å²) < 4.78 is 1.81. The second kappa shape index (κ2) is 11.1. The largest absolute Gasteiger partial charge is 0.348 e. The Morgan fingerprint density at radius 1 is 1.09 bits per heavy atom. The van der Waals surface area contributed by atoms with Crippen molar-refractivity contribution >= 4 is 33.8 Å². The van der Waals surface area contributed by atoms with Crippen LogP contribution in [-0.2, 0) is 6.54 Å². The van der Waals surface area contributed by atoms with Gasteiger partial charge in [-0.25, -0.2) is 4.98 Å². The predicted octanol–water partition coefficient (Wildman–Crippen LogP) is 5.77. The Hall–Kier alpha value is -2.93. The summed E-state index contributed by atoms with van der Waals surface area (Å²) >= 11 is 1.64. The van der Waals surface area contributed by atoms with Gasteiger partial charge < -0.3 is 14.8 Å². The van der Waals surface area contributed by atoms with Gasteiger partial charge in [-0.2, -0.15) is 0 Å². The standard InChI is InChI=1S/C23H26N4O2S.C2H6/c1-16-6-8-19(9-7-16)24-22(29)21-12-18(17(2)28)13-27(21)14-20-15-30-23(25-20)26-10-4-3-5-11-26;1-2/h6-9,12-13,15H,3-5,10-11,14H2,1-2H3,(H,24,29);1-2H3. The first-order valence-electron chi connectivity index (χ1n) is 11.3. The van der Waals surface area contributed by atoms with Gasteiger partial charge in [0, 0.05) is 35.9 Å². The van der Waals surface area contributed by atoms with Gasteiger partial charge in [0.25, 0.3) is 5.91 Å². The summed E-state index contributed by atoms with van der Waals surface area (Å²) in [6, 6.07) is 9.30. The molecule has 1 aliphatic heterocycles. The summed E-state index contributed by atoms with van der Waals surface area (Å²) in [4.78, 5) is 32.0. The number of ketones is 1. The first kappa shape index (κ1) is 23.7. The number of anilines is 2. The van der Waals surface area contributed by atoms with Crippen LogP contribution in [0.15, 0.2) is 41.9 Å². The quantitative estimate of drug-likeness (QED) is 0.482. The molecule has 0 aliphatic carbocycles. The number of hydrogen-bond acceptors (Lipinski definition) is 5. The summed E-state index contributed by atoms with van der Waals surface area (Å²) in [5.74, 6) is -0.303. The number of hydrogen-bond donors (Lipinski definition) is 1. The Balaban J connectivity index is 0.00000141. The van der Waals surface area contributed by atoms with E-state index in [0.717, 1.165) is 35.2 Å². The summed E-state index contributed by atoms with van der Waals surface area (Å²) in [5, 5.41) is 6.00. The maximum absolute atomic E-state index is 12.9. The lowest BCUT2D eigenvalue weighted by Gasteiger charge is -2.25. The maximum atomic E-state index is 12.9. The molecule has 1 N–H and O–H groups in total. The molecule has 0 spiro atoms. The average molecular weight is 453 g/mol. The van der Waals surface area contributed by atoms with Gasteiger partial charge in [0.1, 0.15) is 5.69 Å². The number of carbonyl (C=O) groups excluding carboxylic acids is 2. The molecule has 1 amide bonds. The molecule has 32 heavy (non-hydrogen) atoms. The number of aromatic nitrogens is 2. The van der Waals surface area contributed by atoms with Crippen molar-refractivity contribution in [1.29, 1.82) is 0 Å². The molecule has 1 saturated heterocycles. The topological polar surface area (TPSA) is 67.2 Å². The zero-order chi connectivity index (χ0) is 23.1. The third kappa shape index (κ3) is 5.85. The third-order valence-corrected chi connectivity index (χ3v) is 6.29. The number of nitrogens with zero attached hydrogens (tertiary/aromatic N) is 3. The Morgan fingerprint density at radius 2 is 1.78 bits per heavy atom. The van der Waals surface area contributed by atoms with E-state index >= 15 is 0 Å². The second-order valence-electron chi connectivity index (χ2n) is 7.79. The lowest BCUT2D eigenvalue weighted by atomic mass is 10.1. The van der Waals surface area contributed by atoms with Crippen molar-refractivity contribution in [1.82, 2.24) is 9.55 Å². The Labute approximate surface area is 194 Å². The average Bonchev–Trinajstić information content (AvgIpc) is 3.45. The van der Waals surface area contributed by atoms with Crippen LogP contribution in [0.5, 0.6) is 0 Å². The molecule has 7 heteroatoms. The van der Waals surface area contributed by atoms with E-state index in [1.54, 1.807) is 23.6 Å². The predicted molar refractivity (Wildman–Crippen MR) is 132 cm³/mol. The van der Waals surface area contributed by atoms with Crippen LogP contribution in [0.1, 0.15) is 72.1 Å². The fraction of sp³-hybridized carbons (Fsp3) is 0.400. The molecule has 1 aliphatic rings. The van der Waals surface area contributed by atoms with Crippen molar-refractivity contribution in [3.63, 3.8) is 0 Å². The highest BCUT2D eigenvalue weighted by Gasteiger charge is 2.19. The number of amides is 1. The van der Waals surface area contributed by atoms with Gasteiger partial charge in [-0.3, -0.25) is 9.59 Å². The van der Waals surface area contributed by atoms with E-state index in [0.29, 0.717) is 17.8 Å². The van der Waals surface area contributed by atoms with E-state index in [1.807, 2.05) is 55.0 Å². The first-order valence-corrected chi connectivity index (χ1v) is 12.2. The fourth-order valence-corrected chi connectivity index (χ4v) is 4.50. The number of thiazole rings is 1. The maximum Gasteiger partial charge on any atom is 0.272 e. The highest BCUT2D eigenvalue weighted by atomic mass is 32.1. The van der Waals surface area contributed by atoms with Crippen LogP contribution in [0, 0.1) is 6.92 Å². The van der Waals surface area contributed by atoms with Gasteiger partial charge in [0.2, 0.25) is 0 Å². The molecular weight excluding hydrogens is 420 g/mol. The van der Waals surface area contributed by atoms with Crippen LogP contribution < -0.4 is 10.2 Å². The molecule has 2 aromatic heterocycles. The molecule has 1 fully saturated rings. The van der Waals surface area contributed by atoms with E-state index in [9.17, 15) is 9.59 Å². The summed E-state index contributed by atoms with van der Waals surface area (Å²) in [5.41, 5.74) is 3.73. The summed E-state index contributed by atoms with van der Waals surface area (Å²) in [7, 11) is 0. The molecule has 6 nitrogen and oxygen atoms in total. The number of nitrogens with one attached hydrogen (secondary N) is 1. The smallest absolute Gasteiger partial charge is 0.272 e. The molecule has 3 heterocycles. The van der Waals surface area contributed by atoms with Crippen LogP contribution in [0.25, 0.3) is 0 Å². The third-order valence-electron chi connectivity index (χ3n) is 5.34. The number of aryl methyl sites for hydroxylation is 1. The zero-order valence-corrected chi connectivity index (χ0v) is 20.2. The molecular formula is C25H32N4O2S. The van der Waals surface area contributed by atoms with E-state index in [1.165, 1.54) is 26.2 Å². The van der Waals surface area contributed by atoms with E-state index in [2.05, 4.69) is 10.2 Å². The van der Waals surface area contributed by atoms with Gasteiger partial charge in [-0.1, -0.05) is 31.5 Å². The van der Waals surface area contributed by atoms with Gasteiger partial charge in [0.15, 0.2) is 10.9 Å². The van der Waals surface area contributed by atoms with Crippen LogP contribution >= 0.6 is 11.3 Å². The van der Waals surface area contributed by atoms with E-state index in [-0.39, 0.29) is 11.7 Å². The normalized spacial score (nSPS) is 13.3. The Kier molecular flexibility index (Phi) is 8.22. The minimum atomic E-state index is -0.238. The van der Waals surface area contributed by atoms with E-state index < -0.39 is 0 Å². The Morgan fingerprint density at radius 3 is 2.44 bits per heavy atom. The minimum Gasteiger partial charge on any atom is -0.348 e. The molecule has 0 unspecified atom stereocenters. The molecule has 1 aromatic carbocycles. The molecule has 0 saturated carbocycles. The highest BCUT2D eigenvalue weighted by molar-refractivity contribution is 7.13. The van der Waals surface area contributed by atoms with Gasteiger partial charge in [-0.15, -0.1) is 11.3 Å². The molecule has 0 radical (unpaired) electrons. The molecule has 4 rings (SSSR count). The van der Waals surface area contributed by atoms with Crippen molar-refractivity contribution < 1.29 is 9.59 Å². The van der Waals surface area contributed by atoms with Crippen molar-refractivity contribution in [2.24, 2.45) is 0 Å². The Bertz CT molecular complexity index is 1050. The molecule has 3 aromatic rings. The van der Waals surface area contributed by atoms with Crippen molar-refractivity contribution in [3.8, 4) is 0 Å². The number of piperidine rings is 1. The lowest BCUT2D eigenvalue weighted by Crippen LogP contribution is -2.29. The first-order chi connectivity index (χ1) is 15.5. The van der Waals surface area contributed by atoms with Gasteiger partial charge >= 0.3 is 0 Å². The lowest BCUT2D eigenvalue weighted by molar-refractivity contribution is 0.101. The molecule has 0 atom stereocenters. The zero-order valence-electron chi connectivity index (χ0n) is 19.4. The van der Waals surface area contributed by atoms with Crippen molar-refractivity contribution in [3.05, 3.63) is 64.4 Å². The SMILES string of the molecule is CC.CC(=O)c1cc(C(=O)Nc2ccc(C)cc2)n(Cc2csc(N3CCCCC3)n2)c1. The number of benzene rings is 1. The summed E-state index contributed by atoms with van der Waals surface area (Å²) in [6.07, 6.45) is 5.44. The number of carbonyl (C=O) groups is 2. The van der Waals surface area contributed by atoms with Crippen LogP contribution in [0.4, 0.5) is 10.8 Å². The van der Waals surface area contributed by atoms with Crippen LogP contribution in [0.2, 0.25) is 0 Å². The summed E-state index contributed by atoms with van der Waals surface area (Å²) in [6.45, 7) is 10.1. The highest BCUT2D eigenvalue weighted by Crippen LogP contribution is 2.25. The van der Waals surface area contributed by atoms with E-state index in [4.69, 9.17) is 4.98 Å². The van der Waals surface area contributed by atoms with Crippen molar-refractivity contribution in [2.75, 3.05) is 23.3 Å². The second-order valence-corrected chi connectivity index (χ2v) is 8.62.